The molecule has 2 unspecified atom stereocenters. The fourth-order valence-electron chi connectivity index (χ4n) is 2.31. The Labute approximate surface area is 96.3 Å². The van der Waals surface area contributed by atoms with Crippen molar-refractivity contribution in [3.05, 3.63) is 23.4 Å². The van der Waals surface area contributed by atoms with E-state index < -0.39 is 0 Å². The third-order valence-corrected chi connectivity index (χ3v) is 3.34. The molecule has 82 valence electrons. The van der Waals surface area contributed by atoms with E-state index in [1.807, 2.05) is 18.2 Å². The lowest BCUT2D eigenvalue weighted by atomic mass is 9.93. The van der Waals surface area contributed by atoms with Gasteiger partial charge in [-0.2, -0.15) is 0 Å². The van der Waals surface area contributed by atoms with Gasteiger partial charge in [0.25, 0.3) is 0 Å². The number of pyridine rings is 1. The summed E-state index contributed by atoms with van der Waals surface area (Å²) >= 11 is 5.90. The maximum Gasteiger partial charge on any atom is 0.131 e. The molecular weight excluding hydrogens is 208 g/mol. The fourth-order valence-corrected chi connectivity index (χ4v) is 2.46. The number of hydrogen-bond acceptors (Lipinski definition) is 2. The second-order valence-electron chi connectivity index (χ2n) is 4.49. The van der Waals surface area contributed by atoms with E-state index in [0.717, 1.165) is 18.3 Å². The fraction of sp³-hybridized carbons (Fsp3) is 0.583. The van der Waals surface area contributed by atoms with Gasteiger partial charge in [0.1, 0.15) is 11.0 Å². The second kappa shape index (κ2) is 4.40. The van der Waals surface area contributed by atoms with Crippen LogP contribution in [0.3, 0.4) is 0 Å². The van der Waals surface area contributed by atoms with Gasteiger partial charge in [0.05, 0.1) is 0 Å². The molecule has 0 radical (unpaired) electrons. The highest BCUT2D eigenvalue weighted by atomic mass is 35.5. The molecule has 15 heavy (non-hydrogen) atoms. The Morgan fingerprint density at radius 3 is 2.87 bits per heavy atom. The third-order valence-electron chi connectivity index (χ3n) is 3.13. The number of rotatable bonds is 1. The topological polar surface area (TPSA) is 16.1 Å². The van der Waals surface area contributed by atoms with Gasteiger partial charge in [-0.25, -0.2) is 4.98 Å². The number of hydrogen-bond donors (Lipinski definition) is 0. The monoisotopic (exact) mass is 224 g/mol. The van der Waals surface area contributed by atoms with Crippen LogP contribution in [0.2, 0.25) is 5.15 Å². The van der Waals surface area contributed by atoms with E-state index in [1.165, 1.54) is 12.8 Å². The molecule has 0 aliphatic carbocycles. The first kappa shape index (κ1) is 10.7. The number of piperidine rings is 1. The molecule has 2 nitrogen and oxygen atoms in total. The zero-order valence-electron chi connectivity index (χ0n) is 9.28. The van der Waals surface area contributed by atoms with Crippen molar-refractivity contribution in [3.63, 3.8) is 0 Å². The van der Waals surface area contributed by atoms with Gasteiger partial charge < -0.3 is 4.90 Å². The van der Waals surface area contributed by atoms with Gasteiger partial charge in [-0.1, -0.05) is 24.6 Å². The maximum atomic E-state index is 5.90. The predicted molar refractivity (Wildman–Crippen MR) is 64.5 cm³/mol. The molecule has 1 aromatic heterocycles. The van der Waals surface area contributed by atoms with Crippen molar-refractivity contribution in [2.45, 2.75) is 32.7 Å². The van der Waals surface area contributed by atoms with Crippen LogP contribution in [0, 0.1) is 5.92 Å². The molecule has 2 atom stereocenters. The molecule has 1 fully saturated rings. The number of nitrogens with zero attached hydrogens (tertiary/aromatic N) is 2. The van der Waals surface area contributed by atoms with Crippen LogP contribution in [0.1, 0.15) is 26.7 Å². The summed E-state index contributed by atoms with van der Waals surface area (Å²) in [4.78, 5) is 6.72. The van der Waals surface area contributed by atoms with Crippen molar-refractivity contribution in [1.29, 1.82) is 0 Å². The van der Waals surface area contributed by atoms with Crippen LogP contribution < -0.4 is 4.90 Å². The minimum Gasteiger partial charge on any atom is -0.354 e. The highest BCUT2D eigenvalue weighted by molar-refractivity contribution is 6.29. The Bertz CT molecular complexity index is 340. The molecule has 0 spiro atoms. The molecule has 1 aliphatic rings. The Kier molecular flexibility index (Phi) is 3.15. The first-order valence-electron chi connectivity index (χ1n) is 5.56. The van der Waals surface area contributed by atoms with E-state index in [0.29, 0.717) is 11.2 Å². The largest absolute Gasteiger partial charge is 0.354 e. The van der Waals surface area contributed by atoms with Crippen molar-refractivity contribution in [1.82, 2.24) is 4.98 Å². The standard InChI is InChI=1S/C12H17ClN2/c1-9-6-7-15(10(2)8-9)12-5-3-4-11(13)14-12/h3-5,9-10H,6-8H2,1-2H3. The van der Waals surface area contributed by atoms with E-state index in [9.17, 15) is 0 Å². The molecule has 3 heteroatoms. The van der Waals surface area contributed by atoms with Crippen LogP contribution in [-0.2, 0) is 0 Å². The van der Waals surface area contributed by atoms with Crippen LogP contribution in [0.15, 0.2) is 18.2 Å². The van der Waals surface area contributed by atoms with Crippen LogP contribution in [-0.4, -0.2) is 17.6 Å². The van der Waals surface area contributed by atoms with Gasteiger partial charge in [-0.3, -0.25) is 0 Å². The molecule has 2 rings (SSSR count). The van der Waals surface area contributed by atoms with E-state index in [4.69, 9.17) is 11.6 Å². The molecule has 0 amide bonds. The van der Waals surface area contributed by atoms with Crippen LogP contribution >= 0.6 is 11.6 Å². The first-order valence-corrected chi connectivity index (χ1v) is 5.94. The average molecular weight is 225 g/mol. The van der Waals surface area contributed by atoms with Gasteiger partial charge in [-0.05, 0) is 37.8 Å². The van der Waals surface area contributed by atoms with Crippen LogP contribution in [0.25, 0.3) is 0 Å². The molecule has 1 aromatic rings. The number of aromatic nitrogens is 1. The quantitative estimate of drug-likeness (QED) is 0.680. The summed E-state index contributed by atoms with van der Waals surface area (Å²) in [5.74, 6) is 1.84. The lowest BCUT2D eigenvalue weighted by molar-refractivity contribution is 0.376. The highest BCUT2D eigenvalue weighted by Gasteiger charge is 2.23. The minimum absolute atomic E-state index is 0.569. The summed E-state index contributed by atoms with van der Waals surface area (Å²) in [5.41, 5.74) is 0. The molecular formula is C12H17ClN2. The van der Waals surface area contributed by atoms with Crippen LogP contribution in [0.4, 0.5) is 5.82 Å². The number of anilines is 1. The molecule has 1 aliphatic heterocycles. The zero-order chi connectivity index (χ0) is 10.8. The van der Waals surface area contributed by atoms with Gasteiger partial charge in [0.15, 0.2) is 0 Å². The van der Waals surface area contributed by atoms with Gasteiger partial charge in [-0.15, -0.1) is 0 Å². The molecule has 0 aromatic carbocycles. The van der Waals surface area contributed by atoms with Crippen molar-refractivity contribution >= 4 is 17.4 Å². The third kappa shape index (κ3) is 2.43. The Balaban J connectivity index is 2.17. The van der Waals surface area contributed by atoms with Crippen molar-refractivity contribution in [2.75, 3.05) is 11.4 Å². The molecule has 1 saturated heterocycles. The van der Waals surface area contributed by atoms with Crippen molar-refractivity contribution in [2.24, 2.45) is 5.92 Å². The highest BCUT2D eigenvalue weighted by Crippen LogP contribution is 2.26. The Hall–Kier alpha value is -0.760. The molecule has 0 N–H and O–H groups in total. The summed E-state index contributed by atoms with van der Waals surface area (Å²) in [6, 6.07) is 6.40. The summed E-state index contributed by atoms with van der Waals surface area (Å²) in [5, 5.41) is 0.582. The SMILES string of the molecule is CC1CCN(c2cccc(Cl)n2)C(C)C1. The second-order valence-corrected chi connectivity index (χ2v) is 4.88. The summed E-state index contributed by atoms with van der Waals surface area (Å²) in [6.45, 7) is 5.67. The van der Waals surface area contributed by atoms with E-state index in [-0.39, 0.29) is 0 Å². The van der Waals surface area contributed by atoms with Crippen molar-refractivity contribution < 1.29 is 0 Å². The zero-order valence-corrected chi connectivity index (χ0v) is 10.0. The molecule has 0 saturated carbocycles. The predicted octanol–water partition coefficient (Wildman–Crippen LogP) is 3.36. The molecule has 0 bridgehead atoms. The summed E-state index contributed by atoms with van der Waals surface area (Å²) in [7, 11) is 0. The van der Waals surface area contributed by atoms with Crippen molar-refractivity contribution in [3.8, 4) is 0 Å². The van der Waals surface area contributed by atoms with E-state index in [2.05, 4.69) is 23.7 Å². The normalized spacial score (nSPS) is 26.7. The van der Waals surface area contributed by atoms with Crippen LogP contribution in [0.5, 0.6) is 0 Å². The summed E-state index contributed by atoms with van der Waals surface area (Å²) < 4.78 is 0. The van der Waals surface area contributed by atoms with E-state index >= 15 is 0 Å². The smallest absolute Gasteiger partial charge is 0.131 e. The molecule has 2 heterocycles. The summed E-state index contributed by atoms with van der Waals surface area (Å²) in [6.07, 6.45) is 2.49. The van der Waals surface area contributed by atoms with Gasteiger partial charge >= 0.3 is 0 Å². The van der Waals surface area contributed by atoms with E-state index in [1.54, 1.807) is 0 Å². The number of halogens is 1. The maximum absolute atomic E-state index is 5.90. The lowest BCUT2D eigenvalue weighted by Crippen LogP contribution is -2.40. The lowest BCUT2D eigenvalue weighted by Gasteiger charge is -2.37. The first-order chi connectivity index (χ1) is 7.16. The average Bonchev–Trinajstić information content (AvgIpc) is 2.17. The van der Waals surface area contributed by atoms with Gasteiger partial charge in [0.2, 0.25) is 0 Å². The Morgan fingerprint density at radius 1 is 1.40 bits per heavy atom. The minimum atomic E-state index is 0.569. The Morgan fingerprint density at radius 2 is 2.20 bits per heavy atom. The van der Waals surface area contributed by atoms with Gasteiger partial charge in [0, 0.05) is 12.6 Å².